The lowest BCUT2D eigenvalue weighted by Gasteiger charge is -2.21. The molecule has 0 aliphatic carbocycles. The number of hydrogen-bond donors (Lipinski definition) is 0. The highest BCUT2D eigenvalue weighted by Crippen LogP contribution is 2.25. The average Bonchev–Trinajstić information content (AvgIpc) is 2.96. The molecule has 1 saturated heterocycles. The molecular weight excluding hydrogens is 362 g/mol. The maximum atomic E-state index is 12.9. The summed E-state index contributed by atoms with van der Waals surface area (Å²) < 4.78 is 11.6. The van der Waals surface area contributed by atoms with Crippen molar-refractivity contribution in [3.63, 3.8) is 0 Å². The predicted molar refractivity (Wildman–Crippen MR) is 108 cm³/mol. The van der Waals surface area contributed by atoms with E-state index in [1.54, 1.807) is 12.1 Å². The van der Waals surface area contributed by atoms with Gasteiger partial charge in [0, 0.05) is 29.2 Å². The van der Waals surface area contributed by atoms with Gasteiger partial charge < -0.3 is 14.4 Å². The van der Waals surface area contributed by atoms with Crippen LogP contribution in [0, 0.1) is 0 Å². The minimum atomic E-state index is 0.0870. The molecule has 2 aromatic rings. The standard InChI is InChI=1S/C22H26ClNO3/c1-2-26-21-11-10-17(22(25)24-12-5-3-4-6-13-24)14-18(21)16-27-20-9-7-8-19(23)15-20/h7-11,14-15H,2-6,12-13,16H2,1H3. The van der Waals surface area contributed by atoms with Crippen LogP contribution in [-0.4, -0.2) is 30.5 Å². The number of carbonyl (C=O) groups excluding carboxylic acids is 1. The van der Waals surface area contributed by atoms with E-state index in [1.165, 1.54) is 12.8 Å². The Bertz CT molecular complexity index is 770. The van der Waals surface area contributed by atoms with Crippen LogP contribution in [0.25, 0.3) is 0 Å². The molecule has 0 unspecified atom stereocenters. The Labute approximate surface area is 166 Å². The molecule has 1 amide bonds. The maximum absolute atomic E-state index is 12.9. The molecule has 1 heterocycles. The highest BCUT2D eigenvalue weighted by atomic mass is 35.5. The first-order valence-corrected chi connectivity index (χ1v) is 9.98. The van der Waals surface area contributed by atoms with Crippen LogP contribution in [0.15, 0.2) is 42.5 Å². The van der Waals surface area contributed by atoms with Crippen molar-refractivity contribution in [1.82, 2.24) is 4.90 Å². The van der Waals surface area contributed by atoms with Crippen LogP contribution >= 0.6 is 11.6 Å². The van der Waals surface area contributed by atoms with E-state index < -0.39 is 0 Å². The van der Waals surface area contributed by atoms with Crippen molar-refractivity contribution in [3.05, 3.63) is 58.6 Å². The van der Waals surface area contributed by atoms with Gasteiger partial charge >= 0.3 is 0 Å². The molecule has 0 saturated carbocycles. The van der Waals surface area contributed by atoms with Crippen LogP contribution in [0.4, 0.5) is 0 Å². The van der Waals surface area contributed by atoms with Crippen molar-refractivity contribution in [1.29, 1.82) is 0 Å². The molecule has 0 aromatic heterocycles. The van der Waals surface area contributed by atoms with Crippen LogP contribution < -0.4 is 9.47 Å². The predicted octanol–water partition coefficient (Wildman–Crippen LogP) is 5.33. The zero-order chi connectivity index (χ0) is 19.1. The van der Waals surface area contributed by atoms with Crippen LogP contribution in [0.5, 0.6) is 11.5 Å². The molecule has 144 valence electrons. The van der Waals surface area contributed by atoms with Crippen LogP contribution in [-0.2, 0) is 6.61 Å². The quantitative estimate of drug-likeness (QED) is 0.672. The zero-order valence-corrected chi connectivity index (χ0v) is 16.5. The first-order chi connectivity index (χ1) is 13.2. The van der Waals surface area contributed by atoms with Crippen molar-refractivity contribution in [2.24, 2.45) is 0 Å². The highest BCUT2D eigenvalue weighted by molar-refractivity contribution is 6.30. The fraction of sp³-hybridized carbons (Fsp3) is 0.409. The van der Waals surface area contributed by atoms with Gasteiger partial charge in [0.2, 0.25) is 0 Å². The number of carbonyl (C=O) groups is 1. The summed E-state index contributed by atoms with van der Waals surface area (Å²) in [4.78, 5) is 14.9. The largest absolute Gasteiger partial charge is 0.493 e. The maximum Gasteiger partial charge on any atom is 0.253 e. The first-order valence-electron chi connectivity index (χ1n) is 9.60. The molecule has 27 heavy (non-hydrogen) atoms. The van der Waals surface area contributed by atoms with E-state index in [0.29, 0.717) is 29.5 Å². The second-order valence-electron chi connectivity index (χ2n) is 6.71. The summed E-state index contributed by atoms with van der Waals surface area (Å²) in [5.74, 6) is 1.52. The third-order valence-corrected chi connectivity index (χ3v) is 4.93. The van der Waals surface area contributed by atoms with E-state index in [-0.39, 0.29) is 5.91 Å². The van der Waals surface area contributed by atoms with Gasteiger partial charge in [-0.05, 0) is 56.2 Å². The number of nitrogens with zero attached hydrogens (tertiary/aromatic N) is 1. The summed E-state index contributed by atoms with van der Waals surface area (Å²) in [6.07, 6.45) is 4.55. The Morgan fingerprint density at radius 3 is 2.52 bits per heavy atom. The molecule has 3 rings (SSSR count). The number of likely N-dealkylation sites (tertiary alicyclic amines) is 1. The third-order valence-electron chi connectivity index (χ3n) is 4.69. The smallest absolute Gasteiger partial charge is 0.253 e. The van der Waals surface area contributed by atoms with Gasteiger partial charge in [-0.2, -0.15) is 0 Å². The minimum absolute atomic E-state index is 0.0870. The van der Waals surface area contributed by atoms with Gasteiger partial charge in [-0.1, -0.05) is 30.5 Å². The summed E-state index contributed by atoms with van der Waals surface area (Å²) in [6.45, 7) is 4.49. The normalized spacial score (nSPS) is 14.5. The van der Waals surface area contributed by atoms with Crippen molar-refractivity contribution < 1.29 is 14.3 Å². The SMILES string of the molecule is CCOc1ccc(C(=O)N2CCCCCC2)cc1COc1cccc(Cl)c1. The minimum Gasteiger partial charge on any atom is -0.493 e. The van der Waals surface area contributed by atoms with E-state index in [9.17, 15) is 4.79 Å². The number of hydrogen-bond acceptors (Lipinski definition) is 3. The van der Waals surface area contributed by atoms with E-state index in [2.05, 4.69) is 0 Å². The third kappa shape index (κ3) is 5.39. The van der Waals surface area contributed by atoms with Crippen molar-refractivity contribution in [3.8, 4) is 11.5 Å². The summed E-state index contributed by atoms with van der Waals surface area (Å²) in [5, 5.41) is 0.627. The van der Waals surface area contributed by atoms with Gasteiger partial charge in [0.25, 0.3) is 5.91 Å². The highest BCUT2D eigenvalue weighted by Gasteiger charge is 2.19. The van der Waals surface area contributed by atoms with E-state index >= 15 is 0 Å². The molecule has 2 aromatic carbocycles. The monoisotopic (exact) mass is 387 g/mol. The number of rotatable bonds is 6. The second-order valence-corrected chi connectivity index (χ2v) is 7.14. The van der Waals surface area contributed by atoms with Crippen molar-refractivity contribution in [2.45, 2.75) is 39.2 Å². The Balaban J connectivity index is 1.78. The number of amides is 1. The fourth-order valence-corrected chi connectivity index (χ4v) is 3.48. The van der Waals surface area contributed by atoms with Crippen molar-refractivity contribution >= 4 is 17.5 Å². The Morgan fingerprint density at radius 2 is 1.81 bits per heavy atom. The van der Waals surface area contributed by atoms with Crippen LogP contribution in [0.1, 0.15) is 48.5 Å². The molecule has 0 atom stereocenters. The molecule has 0 spiro atoms. The lowest BCUT2D eigenvalue weighted by molar-refractivity contribution is 0.0761. The molecule has 5 heteroatoms. The summed E-state index contributed by atoms with van der Waals surface area (Å²) in [7, 11) is 0. The number of halogens is 1. The Kier molecular flexibility index (Phi) is 6.99. The number of ether oxygens (including phenoxy) is 2. The molecule has 1 aliphatic rings. The molecule has 0 radical (unpaired) electrons. The topological polar surface area (TPSA) is 38.8 Å². The zero-order valence-electron chi connectivity index (χ0n) is 15.7. The molecule has 0 bridgehead atoms. The molecule has 4 nitrogen and oxygen atoms in total. The number of benzene rings is 2. The van der Waals surface area contributed by atoms with E-state index in [1.807, 2.05) is 42.2 Å². The molecule has 1 fully saturated rings. The lowest BCUT2D eigenvalue weighted by Crippen LogP contribution is -2.31. The summed E-state index contributed by atoms with van der Waals surface area (Å²) >= 11 is 6.02. The van der Waals surface area contributed by atoms with E-state index in [0.717, 1.165) is 37.2 Å². The second kappa shape index (κ2) is 9.65. The average molecular weight is 388 g/mol. The van der Waals surface area contributed by atoms with Gasteiger partial charge in [-0.3, -0.25) is 4.79 Å². The summed E-state index contributed by atoms with van der Waals surface area (Å²) in [5.41, 5.74) is 1.54. The molecule has 0 N–H and O–H groups in total. The van der Waals surface area contributed by atoms with Gasteiger partial charge in [0.1, 0.15) is 18.1 Å². The molecular formula is C22H26ClNO3. The fourth-order valence-electron chi connectivity index (χ4n) is 3.30. The summed E-state index contributed by atoms with van der Waals surface area (Å²) in [6, 6.07) is 12.9. The van der Waals surface area contributed by atoms with Crippen LogP contribution in [0.3, 0.4) is 0 Å². The molecule has 1 aliphatic heterocycles. The Hall–Kier alpha value is -2.20. The Morgan fingerprint density at radius 1 is 1.04 bits per heavy atom. The lowest BCUT2D eigenvalue weighted by atomic mass is 10.1. The van der Waals surface area contributed by atoms with Crippen LogP contribution in [0.2, 0.25) is 5.02 Å². The van der Waals surface area contributed by atoms with Gasteiger partial charge in [-0.15, -0.1) is 0 Å². The van der Waals surface area contributed by atoms with Crippen molar-refractivity contribution in [2.75, 3.05) is 19.7 Å². The first kappa shape index (κ1) is 19.6. The van der Waals surface area contributed by atoms with Gasteiger partial charge in [-0.25, -0.2) is 0 Å². The van der Waals surface area contributed by atoms with Gasteiger partial charge in [0.15, 0.2) is 0 Å². The van der Waals surface area contributed by atoms with E-state index in [4.69, 9.17) is 21.1 Å². The van der Waals surface area contributed by atoms with Gasteiger partial charge in [0.05, 0.1) is 6.61 Å².